The molecule has 1 fully saturated rings. The van der Waals surface area contributed by atoms with E-state index in [0.29, 0.717) is 23.1 Å². The van der Waals surface area contributed by atoms with E-state index in [1.807, 2.05) is 18.2 Å². The first-order valence-corrected chi connectivity index (χ1v) is 12.9. The molecular weight excluding hydrogens is 406 g/mol. The van der Waals surface area contributed by atoms with Crippen LogP contribution in [0.4, 0.5) is 0 Å². The summed E-state index contributed by atoms with van der Waals surface area (Å²) in [6.07, 6.45) is 10.5. The second-order valence-corrected chi connectivity index (χ2v) is 9.63. The van der Waals surface area contributed by atoms with Crippen LogP contribution < -0.4 is 4.74 Å². The van der Waals surface area contributed by atoms with E-state index in [0.717, 1.165) is 50.5 Å². The second kappa shape index (κ2) is 12.6. The number of rotatable bonds is 10. The number of unbranched alkanes of at least 4 members (excludes halogenated alkanes) is 1. The first-order chi connectivity index (χ1) is 16.1. The molecule has 0 saturated heterocycles. The van der Waals surface area contributed by atoms with Gasteiger partial charge in [0.2, 0.25) is 0 Å². The van der Waals surface area contributed by atoms with Crippen LogP contribution in [0.5, 0.6) is 5.75 Å². The van der Waals surface area contributed by atoms with Gasteiger partial charge in [0.1, 0.15) is 11.8 Å². The molecule has 2 aromatic carbocycles. The monoisotopic (exact) mass is 445 g/mol. The number of ether oxygens (including phenoxy) is 1. The maximum absolute atomic E-state index is 12.9. The number of nitrogens with zero attached hydrogens (tertiary/aromatic N) is 1. The maximum atomic E-state index is 12.9. The largest absolute Gasteiger partial charge is 0.425 e. The Morgan fingerprint density at radius 3 is 2.33 bits per heavy atom. The van der Waals surface area contributed by atoms with Crippen LogP contribution in [-0.4, -0.2) is 5.97 Å². The standard InChI is InChI=1S/C30H39NO2/c1-4-7-8-23(6-3)19-24-11-18-29(28(20-24)21-31)33-30(32)27-16-14-26(15-17-27)25-12-9-22(5-2)10-13-25/h9-13,18,20,23,26-27H,4-8,14-17,19H2,1-3H3. The molecule has 0 N–H and O–H groups in total. The molecule has 1 saturated carbocycles. The van der Waals surface area contributed by atoms with Gasteiger partial charge in [0, 0.05) is 0 Å². The van der Waals surface area contributed by atoms with Crippen molar-refractivity contribution in [2.45, 2.75) is 90.9 Å². The zero-order chi connectivity index (χ0) is 23.6. The van der Waals surface area contributed by atoms with E-state index in [1.54, 1.807) is 0 Å². The second-order valence-electron chi connectivity index (χ2n) is 9.63. The molecule has 0 amide bonds. The summed E-state index contributed by atoms with van der Waals surface area (Å²) in [7, 11) is 0. The lowest BCUT2D eigenvalue weighted by atomic mass is 9.78. The Labute approximate surface area is 200 Å². The van der Waals surface area contributed by atoms with Crippen molar-refractivity contribution in [3.05, 3.63) is 64.7 Å². The van der Waals surface area contributed by atoms with E-state index >= 15 is 0 Å². The van der Waals surface area contributed by atoms with Crippen LogP contribution in [0.1, 0.15) is 100 Å². The molecule has 33 heavy (non-hydrogen) atoms. The lowest BCUT2D eigenvalue weighted by Gasteiger charge is -2.27. The highest BCUT2D eigenvalue weighted by atomic mass is 16.5. The molecule has 0 bridgehead atoms. The molecule has 1 aliphatic rings. The van der Waals surface area contributed by atoms with E-state index in [4.69, 9.17) is 4.74 Å². The van der Waals surface area contributed by atoms with Crippen LogP contribution in [0.15, 0.2) is 42.5 Å². The molecule has 1 atom stereocenters. The predicted octanol–water partition coefficient (Wildman–Crippen LogP) is 7.76. The summed E-state index contributed by atoms with van der Waals surface area (Å²) < 4.78 is 5.74. The lowest BCUT2D eigenvalue weighted by molar-refractivity contribution is -0.140. The SMILES string of the molecule is CCCCC(CC)Cc1ccc(OC(=O)C2CCC(c3ccc(CC)cc3)CC2)c(C#N)c1. The summed E-state index contributed by atoms with van der Waals surface area (Å²) in [5.74, 6) is 1.30. The Kier molecular flexibility index (Phi) is 9.55. The highest BCUT2D eigenvalue weighted by Crippen LogP contribution is 2.37. The quantitative estimate of drug-likeness (QED) is 0.277. The van der Waals surface area contributed by atoms with Gasteiger partial charge < -0.3 is 4.74 Å². The molecule has 2 aromatic rings. The molecule has 0 spiro atoms. The number of carbonyl (C=O) groups excluding carboxylic acids is 1. The maximum Gasteiger partial charge on any atom is 0.314 e. The van der Waals surface area contributed by atoms with Crippen LogP contribution in [0.3, 0.4) is 0 Å². The predicted molar refractivity (Wildman–Crippen MR) is 134 cm³/mol. The van der Waals surface area contributed by atoms with Crippen molar-refractivity contribution < 1.29 is 9.53 Å². The normalized spacial score (nSPS) is 19.0. The Morgan fingerprint density at radius 2 is 1.73 bits per heavy atom. The lowest BCUT2D eigenvalue weighted by Crippen LogP contribution is -2.25. The number of esters is 1. The highest BCUT2D eigenvalue weighted by molar-refractivity contribution is 5.76. The first-order valence-electron chi connectivity index (χ1n) is 12.9. The van der Waals surface area contributed by atoms with Gasteiger partial charge in [0.25, 0.3) is 0 Å². The molecule has 1 aliphatic carbocycles. The zero-order valence-corrected chi connectivity index (χ0v) is 20.6. The zero-order valence-electron chi connectivity index (χ0n) is 20.6. The summed E-state index contributed by atoms with van der Waals surface area (Å²) in [6.45, 7) is 6.63. The molecule has 176 valence electrons. The molecule has 0 heterocycles. The Hall–Kier alpha value is -2.60. The molecule has 0 aliphatic heterocycles. The third-order valence-electron chi connectivity index (χ3n) is 7.36. The third-order valence-corrected chi connectivity index (χ3v) is 7.36. The minimum atomic E-state index is -0.187. The first kappa shape index (κ1) is 25.0. The summed E-state index contributed by atoms with van der Waals surface area (Å²) >= 11 is 0. The van der Waals surface area contributed by atoms with E-state index in [9.17, 15) is 10.1 Å². The smallest absolute Gasteiger partial charge is 0.314 e. The van der Waals surface area contributed by atoms with Gasteiger partial charge >= 0.3 is 5.97 Å². The Bertz CT molecular complexity index is 933. The van der Waals surface area contributed by atoms with Crippen LogP contribution in [0.25, 0.3) is 0 Å². The van der Waals surface area contributed by atoms with Crippen LogP contribution in [0, 0.1) is 23.2 Å². The number of nitriles is 1. The summed E-state index contributed by atoms with van der Waals surface area (Å²) in [5.41, 5.74) is 4.37. The van der Waals surface area contributed by atoms with Crippen molar-refractivity contribution >= 4 is 5.97 Å². The third kappa shape index (κ3) is 6.94. The highest BCUT2D eigenvalue weighted by Gasteiger charge is 2.29. The number of hydrogen-bond acceptors (Lipinski definition) is 3. The molecular formula is C30H39NO2. The molecule has 3 heteroatoms. The molecule has 0 radical (unpaired) electrons. The van der Waals surface area contributed by atoms with E-state index in [-0.39, 0.29) is 11.9 Å². The fourth-order valence-electron chi connectivity index (χ4n) is 5.04. The van der Waals surface area contributed by atoms with Crippen molar-refractivity contribution in [1.29, 1.82) is 5.26 Å². The number of carbonyl (C=O) groups is 1. The fraction of sp³-hybridized carbons (Fsp3) is 0.533. The summed E-state index contributed by atoms with van der Waals surface area (Å²) in [4.78, 5) is 12.9. The van der Waals surface area contributed by atoms with Crippen LogP contribution in [-0.2, 0) is 17.6 Å². The van der Waals surface area contributed by atoms with Gasteiger partial charge in [-0.1, -0.05) is 76.8 Å². The van der Waals surface area contributed by atoms with E-state index in [1.165, 1.54) is 30.4 Å². The molecule has 3 rings (SSSR count). The topological polar surface area (TPSA) is 50.1 Å². The van der Waals surface area contributed by atoms with Crippen molar-refractivity contribution in [2.75, 3.05) is 0 Å². The minimum absolute atomic E-state index is 0.0825. The molecule has 1 unspecified atom stereocenters. The van der Waals surface area contributed by atoms with Crippen molar-refractivity contribution in [3.63, 3.8) is 0 Å². The average Bonchev–Trinajstić information content (AvgIpc) is 2.87. The van der Waals surface area contributed by atoms with Gasteiger partial charge in [-0.05, 0) is 79.2 Å². The molecule has 0 aromatic heterocycles. The van der Waals surface area contributed by atoms with E-state index < -0.39 is 0 Å². The van der Waals surface area contributed by atoms with Gasteiger partial charge in [-0.2, -0.15) is 5.26 Å². The van der Waals surface area contributed by atoms with Crippen LogP contribution in [0.2, 0.25) is 0 Å². The van der Waals surface area contributed by atoms with Crippen molar-refractivity contribution in [1.82, 2.24) is 0 Å². The Balaban J connectivity index is 1.57. The van der Waals surface area contributed by atoms with Gasteiger partial charge in [0.15, 0.2) is 0 Å². The summed E-state index contributed by atoms with van der Waals surface area (Å²) in [6, 6.07) is 16.9. The van der Waals surface area contributed by atoms with Gasteiger partial charge in [-0.15, -0.1) is 0 Å². The van der Waals surface area contributed by atoms with E-state index in [2.05, 4.69) is 51.1 Å². The number of aryl methyl sites for hydroxylation is 1. The summed E-state index contributed by atoms with van der Waals surface area (Å²) in [5, 5.41) is 9.66. The number of benzene rings is 2. The van der Waals surface area contributed by atoms with Crippen molar-refractivity contribution in [3.8, 4) is 11.8 Å². The van der Waals surface area contributed by atoms with Crippen LogP contribution >= 0.6 is 0 Å². The van der Waals surface area contributed by atoms with Gasteiger partial charge in [-0.3, -0.25) is 4.79 Å². The average molecular weight is 446 g/mol. The Morgan fingerprint density at radius 1 is 1.03 bits per heavy atom. The fourth-order valence-corrected chi connectivity index (χ4v) is 5.04. The van der Waals surface area contributed by atoms with Gasteiger partial charge in [0.05, 0.1) is 11.5 Å². The number of hydrogen-bond donors (Lipinski definition) is 0. The van der Waals surface area contributed by atoms with Gasteiger partial charge in [-0.25, -0.2) is 0 Å². The molecule has 3 nitrogen and oxygen atoms in total. The minimum Gasteiger partial charge on any atom is -0.425 e. The van der Waals surface area contributed by atoms with Crippen molar-refractivity contribution in [2.24, 2.45) is 11.8 Å².